The number of carbonyl (C=O) groups excluding carboxylic acids is 2. The lowest BCUT2D eigenvalue weighted by atomic mass is 10.1. The van der Waals surface area contributed by atoms with E-state index >= 15 is 0 Å². The minimum Gasteiger partial charge on any atom is -0.454 e. The van der Waals surface area contributed by atoms with Crippen molar-refractivity contribution in [3.05, 3.63) is 48.0 Å². The Balaban J connectivity index is 1.75. The monoisotopic (exact) mass is 380 g/mol. The van der Waals surface area contributed by atoms with Crippen molar-refractivity contribution < 1.29 is 32.2 Å². The molecular weight excluding hydrogens is 365 g/mol. The van der Waals surface area contributed by atoms with Gasteiger partial charge in [0.25, 0.3) is 0 Å². The lowest BCUT2D eigenvalue weighted by molar-refractivity contribution is -0.137. The number of benzene rings is 2. The molecule has 0 saturated carbocycles. The number of alkyl halides is 3. The summed E-state index contributed by atoms with van der Waals surface area (Å²) in [5.41, 5.74) is -0.502. The lowest BCUT2D eigenvalue weighted by Gasteiger charge is -2.21. The molecule has 2 aromatic carbocycles. The molecule has 6 nitrogen and oxygen atoms in total. The number of hydrogen-bond donors (Lipinski definition) is 1. The summed E-state index contributed by atoms with van der Waals surface area (Å²) >= 11 is 0. The number of nitrogens with one attached hydrogen (secondary N) is 1. The summed E-state index contributed by atoms with van der Waals surface area (Å²) < 4.78 is 49.0. The van der Waals surface area contributed by atoms with E-state index in [0.717, 1.165) is 17.0 Å². The van der Waals surface area contributed by atoms with Crippen LogP contribution >= 0.6 is 0 Å². The first-order valence-electron chi connectivity index (χ1n) is 7.89. The van der Waals surface area contributed by atoms with Gasteiger partial charge in [0.05, 0.1) is 5.56 Å². The van der Waals surface area contributed by atoms with Crippen molar-refractivity contribution in [1.82, 2.24) is 0 Å². The molecule has 142 valence electrons. The second-order valence-electron chi connectivity index (χ2n) is 5.77. The second kappa shape index (κ2) is 7.18. The van der Waals surface area contributed by atoms with Crippen molar-refractivity contribution in [3.8, 4) is 11.5 Å². The highest BCUT2D eigenvalue weighted by atomic mass is 19.4. The average Bonchev–Trinajstić information content (AvgIpc) is 3.06. The normalized spacial score (nSPS) is 12.6. The van der Waals surface area contributed by atoms with Gasteiger partial charge in [-0.05, 0) is 30.3 Å². The molecule has 1 aliphatic rings. The summed E-state index contributed by atoms with van der Waals surface area (Å²) in [5.74, 6) is -0.118. The van der Waals surface area contributed by atoms with E-state index in [0.29, 0.717) is 17.2 Å². The number of rotatable bonds is 4. The summed E-state index contributed by atoms with van der Waals surface area (Å²) in [6.45, 7) is 0.819. The summed E-state index contributed by atoms with van der Waals surface area (Å²) in [7, 11) is 0. The van der Waals surface area contributed by atoms with Crippen LogP contribution in [-0.4, -0.2) is 25.2 Å². The van der Waals surface area contributed by atoms with Crippen molar-refractivity contribution in [3.63, 3.8) is 0 Å². The molecule has 0 spiro atoms. The fourth-order valence-electron chi connectivity index (χ4n) is 2.55. The standard InChI is InChI=1S/C18H15F3N2O4/c1-11(24)23(14-4-2-3-12(7-14)18(19,20)21)9-17(25)22-13-5-6-15-16(8-13)27-10-26-15/h2-8H,9-10H2,1H3,(H,22,25). The van der Waals surface area contributed by atoms with Crippen LogP contribution in [0, 0.1) is 0 Å². The second-order valence-corrected chi connectivity index (χ2v) is 5.77. The first-order chi connectivity index (χ1) is 12.7. The highest BCUT2D eigenvalue weighted by molar-refractivity contribution is 6.02. The number of carbonyl (C=O) groups is 2. The maximum atomic E-state index is 12.9. The van der Waals surface area contributed by atoms with E-state index in [4.69, 9.17) is 9.47 Å². The Morgan fingerprint density at radius 1 is 1.11 bits per heavy atom. The van der Waals surface area contributed by atoms with Gasteiger partial charge in [-0.1, -0.05) is 6.07 Å². The van der Waals surface area contributed by atoms with Crippen LogP contribution in [0.1, 0.15) is 12.5 Å². The third kappa shape index (κ3) is 4.30. The zero-order valence-electron chi connectivity index (χ0n) is 14.2. The first-order valence-corrected chi connectivity index (χ1v) is 7.89. The van der Waals surface area contributed by atoms with Crippen molar-refractivity contribution >= 4 is 23.2 Å². The Labute approximate surface area is 152 Å². The Bertz CT molecular complexity index is 883. The number of amides is 2. The average molecular weight is 380 g/mol. The van der Waals surface area contributed by atoms with Gasteiger partial charge in [-0.25, -0.2) is 0 Å². The molecule has 2 amide bonds. The molecule has 0 saturated heterocycles. The fourth-order valence-corrected chi connectivity index (χ4v) is 2.55. The molecule has 1 aliphatic heterocycles. The van der Waals surface area contributed by atoms with E-state index in [1.54, 1.807) is 18.2 Å². The largest absolute Gasteiger partial charge is 0.454 e. The number of anilines is 2. The highest BCUT2D eigenvalue weighted by Crippen LogP contribution is 2.34. The molecule has 3 rings (SSSR count). The summed E-state index contributed by atoms with van der Waals surface area (Å²) in [4.78, 5) is 25.1. The van der Waals surface area contributed by atoms with E-state index in [1.807, 2.05) is 0 Å². The Morgan fingerprint density at radius 3 is 2.56 bits per heavy atom. The molecule has 0 aromatic heterocycles. The Hall–Kier alpha value is -3.23. The van der Waals surface area contributed by atoms with Crippen molar-refractivity contribution in [1.29, 1.82) is 0 Å². The van der Waals surface area contributed by atoms with Crippen molar-refractivity contribution in [2.75, 3.05) is 23.6 Å². The quantitative estimate of drug-likeness (QED) is 0.883. The van der Waals surface area contributed by atoms with Crippen LogP contribution in [0.5, 0.6) is 11.5 Å². The van der Waals surface area contributed by atoms with E-state index < -0.39 is 30.1 Å². The van der Waals surface area contributed by atoms with Gasteiger partial charge < -0.3 is 19.7 Å². The summed E-state index contributed by atoms with van der Waals surface area (Å²) in [6.07, 6.45) is -4.55. The molecule has 0 unspecified atom stereocenters. The predicted molar refractivity (Wildman–Crippen MR) is 90.7 cm³/mol. The first kappa shape index (κ1) is 18.6. The van der Waals surface area contributed by atoms with Crippen LogP contribution in [0.25, 0.3) is 0 Å². The molecule has 0 aliphatic carbocycles. The van der Waals surface area contributed by atoms with Gasteiger partial charge in [0.15, 0.2) is 11.5 Å². The molecule has 0 fully saturated rings. The van der Waals surface area contributed by atoms with Crippen LogP contribution < -0.4 is 19.7 Å². The minimum atomic E-state index is -4.55. The van der Waals surface area contributed by atoms with Crippen LogP contribution in [0.4, 0.5) is 24.5 Å². The Kier molecular flexibility index (Phi) is 4.93. The van der Waals surface area contributed by atoms with Crippen molar-refractivity contribution in [2.45, 2.75) is 13.1 Å². The fraction of sp³-hybridized carbons (Fsp3) is 0.222. The van der Waals surface area contributed by atoms with E-state index in [-0.39, 0.29) is 12.5 Å². The van der Waals surface area contributed by atoms with Gasteiger partial charge in [0.1, 0.15) is 6.54 Å². The van der Waals surface area contributed by atoms with Gasteiger partial charge >= 0.3 is 6.18 Å². The topological polar surface area (TPSA) is 67.9 Å². The van der Waals surface area contributed by atoms with Crippen LogP contribution in [0.3, 0.4) is 0 Å². The van der Waals surface area contributed by atoms with E-state index in [9.17, 15) is 22.8 Å². The predicted octanol–water partition coefficient (Wildman–Crippen LogP) is 3.43. The molecule has 0 radical (unpaired) electrons. The van der Waals surface area contributed by atoms with Crippen LogP contribution in [0.15, 0.2) is 42.5 Å². The van der Waals surface area contributed by atoms with E-state index in [2.05, 4.69) is 5.32 Å². The molecule has 0 bridgehead atoms. The number of halogens is 3. The lowest BCUT2D eigenvalue weighted by Crippen LogP contribution is -2.36. The zero-order valence-corrected chi connectivity index (χ0v) is 14.2. The Morgan fingerprint density at radius 2 is 1.85 bits per heavy atom. The zero-order chi connectivity index (χ0) is 19.6. The minimum absolute atomic E-state index is 0.0156. The number of hydrogen-bond acceptors (Lipinski definition) is 4. The maximum Gasteiger partial charge on any atom is 0.416 e. The SMILES string of the molecule is CC(=O)N(CC(=O)Nc1ccc2c(c1)OCO2)c1cccc(C(F)(F)F)c1. The highest BCUT2D eigenvalue weighted by Gasteiger charge is 2.31. The third-order valence-electron chi connectivity index (χ3n) is 3.82. The number of fused-ring (bicyclic) bond motifs is 1. The van der Waals surface area contributed by atoms with Gasteiger partial charge in [0, 0.05) is 24.4 Å². The number of ether oxygens (including phenoxy) is 2. The van der Waals surface area contributed by atoms with Gasteiger partial charge in [-0.3, -0.25) is 9.59 Å². The number of nitrogens with zero attached hydrogens (tertiary/aromatic N) is 1. The van der Waals surface area contributed by atoms with Gasteiger partial charge in [-0.2, -0.15) is 13.2 Å². The molecule has 9 heteroatoms. The van der Waals surface area contributed by atoms with Gasteiger partial charge in [-0.15, -0.1) is 0 Å². The third-order valence-corrected chi connectivity index (χ3v) is 3.82. The molecule has 1 N–H and O–H groups in total. The maximum absolute atomic E-state index is 12.9. The molecule has 27 heavy (non-hydrogen) atoms. The van der Waals surface area contributed by atoms with Crippen molar-refractivity contribution in [2.24, 2.45) is 0 Å². The molecule has 1 heterocycles. The molecule has 2 aromatic rings. The van der Waals surface area contributed by atoms with Crippen LogP contribution in [0.2, 0.25) is 0 Å². The summed E-state index contributed by atoms with van der Waals surface area (Å²) in [6, 6.07) is 9.02. The van der Waals surface area contributed by atoms with Crippen LogP contribution in [-0.2, 0) is 15.8 Å². The summed E-state index contributed by atoms with van der Waals surface area (Å²) in [5, 5.41) is 2.58. The van der Waals surface area contributed by atoms with E-state index in [1.165, 1.54) is 19.1 Å². The van der Waals surface area contributed by atoms with Gasteiger partial charge in [0.2, 0.25) is 18.6 Å². The smallest absolute Gasteiger partial charge is 0.416 e. The molecular formula is C18H15F3N2O4. The molecule has 0 atom stereocenters.